The maximum Gasteiger partial charge on any atom is 0.262 e. The van der Waals surface area contributed by atoms with Crippen LogP contribution < -0.4 is 0 Å². The molecule has 0 atom stereocenters. The van der Waals surface area contributed by atoms with Crippen LogP contribution in [0.3, 0.4) is 0 Å². The van der Waals surface area contributed by atoms with Gasteiger partial charge in [0.15, 0.2) is 0 Å². The fourth-order valence-electron chi connectivity index (χ4n) is 2.07. The van der Waals surface area contributed by atoms with Gasteiger partial charge in [-0.05, 0) is 31.5 Å². The molecular formula is C16H14N2O2. The third kappa shape index (κ3) is 2.16. The van der Waals surface area contributed by atoms with E-state index in [1.807, 2.05) is 50.2 Å². The number of benzene rings is 2. The van der Waals surface area contributed by atoms with Crippen LogP contribution in [0.5, 0.6) is 5.75 Å². The van der Waals surface area contributed by atoms with E-state index < -0.39 is 0 Å². The topological polar surface area (TPSA) is 59.2 Å². The van der Waals surface area contributed by atoms with Gasteiger partial charge in [-0.2, -0.15) is 4.98 Å². The van der Waals surface area contributed by atoms with Crippen molar-refractivity contribution in [1.82, 2.24) is 10.1 Å². The average Bonchev–Trinajstić information content (AvgIpc) is 2.91. The number of nitrogens with zero attached hydrogens (tertiary/aromatic N) is 2. The maximum atomic E-state index is 10.0. The number of hydrogen-bond acceptors (Lipinski definition) is 4. The summed E-state index contributed by atoms with van der Waals surface area (Å²) < 4.78 is 5.26. The molecule has 0 aliphatic rings. The zero-order valence-corrected chi connectivity index (χ0v) is 11.3. The zero-order chi connectivity index (χ0) is 14.1. The molecule has 2 aromatic carbocycles. The fraction of sp³-hybridized carbons (Fsp3) is 0.125. The van der Waals surface area contributed by atoms with Gasteiger partial charge in [-0.25, -0.2) is 0 Å². The van der Waals surface area contributed by atoms with Gasteiger partial charge in [0.1, 0.15) is 5.75 Å². The van der Waals surface area contributed by atoms with E-state index in [-0.39, 0.29) is 5.75 Å². The molecule has 0 saturated carbocycles. The SMILES string of the molecule is Cc1cccc(-c2noc(-c3cccc(C)c3O)n2)c1. The van der Waals surface area contributed by atoms with E-state index in [4.69, 9.17) is 4.52 Å². The minimum absolute atomic E-state index is 0.173. The summed E-state index contributed by atoms with van der Waals surface area (Å²) in [6.07, 6.45) is 0. The zero-order valence-electron chi connectivity index (χ0n) is 11.3. The molecule has 0 radical (unpaired) electrons. The monoisotopic (exact) mass is 266 g/mol. The number of aromatic hydroxyl groups is 1. The molecule has 0 bridgehead atoms. The van der Waals surface area contributed by atoms with Crippen LogP contribution >= 0.6 is 0 Å². The minimum Gasteiger partial charge on any atom is -0.507 e. The van der Waals surface area contributed by atoms with E-state index >= 15 is 0 Å². The number of aromatic nitrogens is 2. The summed E-state index contributed by atoms with van der Waals surface area (Å²) in [4.78, 5) is 4.36. The highest BCUT2D eigenvalue weighted by Crippen LogP contribution is 2.31. The third-order valence-corrected chi connectivity index (χ3v) is 3.17. The number of aryl methyl sites for hydroxylation is 2. The summed E-state index contributed by atoms with van der Waals surface area (Å²) in [5.41, 5.74) is 3.36. The number of phenols is 1. The normalized spacial score (nSPS) is 10.7. The van der Waals surface area contributed by atoms with Crippen molar-refractivity contribution in [2.24, 2.45) is 0 Å². The quantitative estimate of drug-likeness (QED) is 0.767. The van der Waals surface area contributed by atoms with E-state index in [1.54, 1.807) is 6.07 Å². The fourth-order valence-corrected chi connectivity index (χ4v) is 2.07. The van der Waals surface area contributed by atoms with Crippen molar-refractivity contribution in [3.63, 3.8) is 0 Å². The largest absolute Gasteiger partial charge is 0.507 e. The molecule has 3 rings (SSSR count). The third-order valence-electron chi connectivity index (χ3n) is 3.17. The van der Waals surface area contributed by atoms with Gasteiger partial charge in [0, 0.05) is 5.56 Å². The minimum atomic E-state index is 0.173. The van der Waals surface area contributed by atoms with Crippen LogP contribution in [0.2, 0.25) is 0 Å². The van der Waals surface area contributed by atoms with Crippen molar-refractivity contribution in [2.75, 3.05) is 0 Å². The predicted octanol–water partition coefficient (Wildman–Crippen LogP) is 3.73. The van der Waals surface area contributed by atoms with Gasteiger partial charge in [-0.1, -0.05) is 41.1 Å². The highest BCUT2D eigenvalue weighted by molar-refractivity contribution is 5.66. The lowest BCUT2D eigenvalue weighted by Crippen LogP contribution is -1.84. The Morgan fingerprint density at radius 1 is 1.05 bits per heavy atom. The maximum absolute atomic E-state index is 10.0. The first kappa shape index (κ1) is 12.4. The van der Waals surface area contributed by atoms with Crippen molar-refractivity contribution < 1.29 is 9.63 Å². The lowest BCUT2D eigenvalue weighted by atomic mass is 10.1. The number of para-hydroxylation sites is 1. The molecule has 0 aliphatic heterocycles. The van der Waals surface area contributed by atoms with E-state index in [0.717, 1.165) is 16.7 Å². The lowest BCUT2D eigenvalue weighted by molar-refractivity contribution is 0.425. The second-order valence-corrected chi connectivity index (χ2v) is 4.76. The Morgan fingerprint density at radius 3 is 2.65 bits per heavy atom. The molecule has 0 unspecified atom stereocenters. The van der Waals surface area contributed by atoms with Gasteiger partial charge in [0.05, 0.1) is 5.56 Å². The van der Waals surface area contributed by atoms with Crippen LogP contribution in [0.1, 0.15) is 11.1 Å². The molecule has 3 aromatic rings. The molecule has 0 fully saturated rings. The Hall–Kier alpha value is -2.62. The van der Waals surface area contributed by atoms with Gasteiger partial charge in [-0.15, -0.1) is 0 Å². The van der Waals surface area contributed by atoms with Gasteiger partial charge in [0.25, 0.3) is 5.89 Å². The van der Waals surface area contributed by atoms with Crippen LogP contribution in [-0.4, -0.2) is 15.2 Å². The number of rotatable bonds is 2. The molecule has 4 nitrogen and oxygen atoms in total. The first-order valence-electron chi connectivity index (χ1n) is 6.35. The first-order chi connectivity index (χ1) is 9.65. The first-order valence-corrected chi connectivity index (χ1v) is 6.35. The van der Waals surface area contributed by atoms with E-state index in [1.165, 1.54) is 0 Å². The molecule has 0 amide bonds. The lowest BCUT2D eigenvalue weighted by Gasteiger charge is -2.01. The Morgan fingerprint density at radius 2 is 1.85 bits per heavy atom. The Balaban J connectivity index is 2.04. The average molecular weight is 266 g/mol. The van der Waals surface area contributed by atoms with Crippen molar-refractivity contribution in [3.8, 4) is 28.6 Å². The summed E-state index contributed by atoms with van der Waals surface area (Å²) >= 11 is 0. The molecule has 20 heavy (non-hydrogen) atoms. The highest BCUT2D eigenvalue weighted by atomic mass is 16.5. The van der Waals surface area contributed by atoms with Crippen LogP contribution in [0.25, 0.3) is 22.8 Å². The molecule has 0 saturated heterocycles. The van der Waals surface area contributed by atoms with Crippen molar-refractivity contribution in [3.05, 3.63) is 53.6 Å². The Bertz CT molecular complexity index is 763. The second kappa shape index (κ2) is 4.81. The summed E-state index contributed by atoms with van der Waals surface area (Å²) in [5.74, 6) is 1.01. The van der Waals surface area contributed by atoms with Crippen LogP contribution in [-0.2, 0) is 0 Å². The van der Waals surface area contributed by atoms with Gasteiger partial charge < -0.3 is 9.63 Å². The molecule has 0 spiro atoms. The second-order valence-electron chi connectivity index (χ2n) is 4.76. The van der Waals surface area contributed by atoms with Crippen LogP contribution in [0.4, 0.5) is 0 Å². The standard InChI is InChI=1S/C16H14N2O2/c1-10-5-3-7-12(9-10)15-17-16(20-18-15)13-8-4-6-11(2)14(13)19/h3-9,19H,1-2H3. The molecule has 0 aliphatic carbocycles. The van der Waals surface area contributed by atoms with Gasteiger partial charge >= 0.3 is 0 Å². The summed E-state index contributed by atoms with van der Waals surface area (Å²) in [6.45, 7) is 3.84. The molecule has 4 heteroatoms. The summed E-state index contributed by atoms with van der Waals surface area (Å²) in [6, 6.07) is 13.3. The highest BCUT2D eigenvalue weighted by Gasteiger charge is 2.14. The number of hydrogen-bond donors (Lipinski definition) is 1. The van der Waals surface area contributed by atoms with E-state index in [2.05, 4.69) is 10.1 Å². The van der Waals surface area contributed by atoms with Crippen LogP contribution in [0, 0.1) is 13.8 Å². The van der Waals surface area contributed by atoms with Crippen molar-refractivity contribution in [2.45, 2.75) is 13.8 Å². The van der Waals surface area contributed by atoms with Crippen molar-refractivity contribution >= 4 is 0 Å². The molecule has 1 aromatic heterocycles. The molecule has 1 N–H and O–H groups in total. The van der Waals surface area contributed by atoms with Crippen LogP contribution in [0.15, 0.2) is 47.0 Å². The van der Waals surface area contributed by atoms with Crippen molar-refractivity contribution in [1.29, 1.82) is 0 Å². The Labute approximate surface area is 116 Å². The summed E-state index contributed by atoms with van der Waals surface area (Å²) in [5, 5.41) is 14.0. The number of phenolic OH excluding ortho intramolecular Hbond substituents is 1. The predicted molar refractivity (Wildman–Crippen MR) is 76.3 cm³/mol. The molecule has 100 valence electrons. The molecular weight excluding hydrogens is 252 g/mol. The molecule has 1 heterocycles. The van der Waals surface area contributed by atoms with E-state index in [0.29, 0.717) is 17.3 Å². The van der Waals surface area contributed by atoms with Gasteiger partial charge in [-0.3, -0.25) is 0 Å². The van der Waals surface area contributed by atoms with Gasteiger partial charge in [0.2, 0.25) is 5.82 Å². The van der Waals surface area contributed by atoms with E-state index in [9.17, 15) is 5.11 Å². The Kier molecular flexibility index (Phi) is 2.99. The summed E-state index contributed by atoms with van der Waals surface area (Å²) in [7, 11) is 0. The smallest absolute Gasteiger partial charge is 0.262 e.